The Hall–Kier alpha value is -1.66. The number of carbonyl (C=O) groups excluding carboxylic acids is 1. The third kappa shape index (κ3) is 4.99. The Bertz CT molecular complexity index is 593. The van der Waals surface area contributed by atoms with Crippen molar-refractivity contribution >= 4 is 15.9 Å². The molecule has 1 rings (SSSR count). The van der Waals surface area contributed by atoms with Crippen molar-refractivity contribution < 1.29 is 13.2 Å². The maximum atomic E-state index is 12.1. The molecule has 0 saturated heterocycles. The molecule has 116 valence electrons. The van der Waals surface area contributed by atoms with Crippen LogP contribution in [-0.4, -0.2) is 26.9 Å². The van der Waals surface area contributed by atoms with Gasteiger partial charge in [0, 0.05) is 18.2 Å². The predicted molar refractivity (Wildman–Crippen MR) is 83.7 cm³/mol. The zero-order chi connectivity index (χ0) is 15.9. The van der Waals surface area contributed by atoms with Crippen molar-refractivity contribution in [1.82, 2.24) is 10.0 Å². The van der Waals surface area contributed by atoms with Gasteiger partial charge in [-0.1, -0.05) is 26.0 Å². The van der Waals surface area contributed by atoms with E-state index in [0.717, 1.165) is 12.8 Å². The maximum Gasteiger partial charge on any atom is 0.251 e. The van der Waals surface area contributed by atoms with Gasteiger partial charge in [-0.25, -0.2) is 13.1 Å². The molecule has 0 fully saturated rings. The van der Waals surface area contributed by atoms with Crippen LogP contribution in [0.3, 0.4) is 0 Å². The summed E-state index contributed by atoms with van der Waals surface area (Å²) in [7, 11) is -3.62. The Kier molecular flexibility index (Phi) is 6.58. The highest BCUT2D eigenvalue weighted by Crippen LogP contribution is 2.12. The molecule has 0 unspecified atom stereocenters. The molecule has 2 N–H and O–H groups in total. The summed E-state index contributed by atoms with van der Waals surface area (Å²) in [5.74, 6) is -0.260. The first-order valence-corrected chi connectivity index (χ1v) is 8.44. The number of carbonyl (C=O) groups is 1. The third-order valence-corrected chi connectivity index (χ3v) is 4.57. The predicted octanol–water partition coefficient (Wildman–Crippen LogP) is 2.07. The van der Waals surface area contributed by atoms with Crippen molar-refractivity contribution in [2.45, 2.75) is 37.6 Å². The van der Waals surface area contributed by atoms with Crippen molar-refractivity contribution in [2.24, 2.45) is 0 Å². The highest BCUT2D eigenvalue weighted by atomic mass is 32.2. The fraction of sp³-hybridized carbons (Fsp3) is 0.400. The zero-order valence-electron chi connectivity index (χ0n) is 12.4. The fourth-order valence-electron chi connectivity index (χ4n) is 1.82. The molecule has 6 heteroatoms. The zero-order valence-corrected chi connectivity index (χ0v) is 13.2. The van der Waals surface area contributed by atoms with Crippen molar-refractivity contribution in [3.63, 3.8) is 0 Å². The number of nitrogens with one attached hydrogen (secondary N) is 2. The molecular weight excluding hydrogens is 288 g/mol. The summed E-state index contributed by atoms with van der Waals surface area (Å²) in [6, 6.07) is 6.09. The minimum absolute atomic E-state index is 0.0709. The van der Waals surface area contributed by atoms with Crippen LogP contribution in [-0.2, 0) is 10.0 Å². The van der Waals surface area contributed by atoms with Gasteiger partial charge in [-0.15, -0.1) is 6.58 Å². The van der Waals surface area contributed by atoms with Gasteiger partial charge in [0.05, 0.1) is 4.90 Å². The second-order valence-electron chi connectivity index (χ2n) is 4.66. The lowest BCUT2D eigenvalue weighted by Gasteiger charge is -2.15. The van der Waals surface area contributed by atoms with Gasteiger partial charge in [-0.05, 0) is 31.0 Å². The van der Waals surface area contributed by atoms with Crippen LogP contribution in [0.1, 0.15) is 37.0 Å². The topological polar surface area (TPSA) is 75.3 Å². The Labute approximate surface area is 126 Å². The Balaban J connectivity index is 2.95. The first-order chi connectivity index (χ1) is 9.94. The summed E-state index contributed by atoms with van der Waals surface area (Å²) < 4.78 is 26.4. The molecular formula is C15H22N2O3S. The van der Waals surface area contributed by atoms with E-state index in [1.54, 1.807) is 12.1 Å². The summed E-state index contributed by atoms with van der Waals surface area (Å²) in [6.45, 7) is 7.60. The molecule has 0 atom stereocenters. The van der Waals surface area contributed by atoms with E-state index in [0.29, 0.717) is 5.56 Å². The van der Waals surface area contributed by atoms with Crippen molar-refractivity contribution in [3.05, 3.63) is 42.5 Å². The fourth-order valence-corrected chi connectivity index (χ4v) is 2.86. The number of benzene rings is 1. The lowest BCUT2D eigenvalue weighted by atomic mass is 10.1. The van der Waals surface area contributed by atoms with Gasteiger partial charge < -0.3 is 5.32 Å². The number of amides is 1. The van der Waals surface area contributed by atoms with E-state index >= 15 is 0 Å². The van der Waals surface area contributed by atoms with Crippen LogP contribution in [0.2, 0.25) is 0 Å². The summed E-state index contributed by atoms with van der Waals surface area (Å²) in [5.41, 5.74) is 0.336. The molecule has 0 radical (unpaired) electrons. The lowest BCUT2D eigenvalue weighted by molar-refractivity contribution is 0.0934. The van der Waals surface area contributed by atoms with E-state index in [-0.39, 0.29) is 23.4 Å². The molecule has 0 aliphatic rings. The monoisotopic (exact) mass is 310 g/mol. The van der Waals surface area contributed by atoms with E-state index in [1.165, 1.54) is 18.2 Å². The van der Waals surface area contributed by atoms with E-state index in [4.69, 9.17) is 0 Å². The van der Waals surface area contributed by atoms with Crippen molar-refractivity contribution in [3.8, 4) is 0 Å². The largest absolute Gasteiger partial charge is 0.349 e. The SMILES string of the molecule is C=CCNS(=O)(=O)c1cccc(C(=O)NC(CC)CC)c1. The molecule has 0 aliphatic heterocycles. The van der Waals surface area contributed by atoms with Crippen LogP contribution in [0.25, 0.3) is 0 Å². The molecule has 0 aromatic heterocycles. The van der Waals surface area contributed by atoms with E-state index in [2.05, 4.69) is 16.6 Å². The van der Waals surface area contributed by atoms with E-state index in [1.807, 2.05) is 13.8 Å². The van der Waals surface area contributed by atoms with Crippen LogP contribution in [0.5, 0.6) is 0 Å². The van der Waals surface area contributed by atoms with Gasteiger partial charge in [-0.3, -0.25) is 4.79 Å². The van der Waals surface area contributed by atoms with Gasteiger partial charge >= 0.3 is 0 Å². The summed E-state index contributed by atoms with van der Waals surface area (Å²) in [5, 5.41) is 2.88. The average molecular weight is 310 g/mol. The highest BCUT2D eigenvalue weighted by Gasteiger charge is 2.16. The Morgan fingerprint density at radius 1 is 1.33 bits per heavy atom. The van der Waals surface area contributed by atoms with Gasteiger partial charge in [0.2, 0.25) is 10.0 Å². The number of sulfonamides is 1. The third-order valence-electron chi connectivity index (χ3n) is 3.15. The Morgan fingerprint density at radius 3 is 2.57 bits per heavy atom. The van der Waals surface area contributed by atoms with Gasteiger partial charge in [0.25, 0.3) is 5.91 Å². The quantitative estimate of drug-likeness (QED) is 0.722. The first kappa shape index (κ1) is 17.4. The van der Waals surface area contributed by atoms with Crippen LogP contribution in [0, 0.1) is 0 Å². The average Bonchev–Trinajstić information content (AvgIpc) is 2.50. The van der Waals surface area contributed by atoms with Crippen LogP contribution in [0.15, 0.2) is 41.8 Å². The second-order valence-corrected chi connectivity index (χ2v) is 6.42. The minimum Gasteiger partial charge on any atom is -0.349 e. The van der Waals surface area contributed by atoms with Crippen molar-refractivity contribution in [2.75, 3.05) is 6.54 Å². The molecule has 1 aromatic carbocycles. The number of hydrogen-bond donors (Lipinski definition) is 2. The first-order valence-electron chi connectivity index (χ1n) is 6.96. The lowest BCUT2D eigenvalue weighted by Crippen LogP contribution is -2.34. The van der Waals surface area contributed by atoms with Gasteiger partial charge in [0.15, 0.2) is 0 Å². The molecule has 0 aliphatic carbocycles. The molecule has 5 nitrogen and oxygen atoms in total. The van der Waals surface area contributed by atoms with Crippen LogP contribution < -0.4 is 10.0 Å². The molecule has 1 aromatic rings. The molecule has 0 heterocycles. The smallest absolute Gasteiger partial charge is 0.251 e. The standard InChI is InChI=1S/C15H22N2O3S/c1-4-10-16-21(19,20)14-9-7-8-12(11-14)15(18)17-13(5-2)6-3/h4,7-9,11,13,16H,1,5-6,10H2,2-3H3,(H,17,18). The normalized spacial score (nSPS) is 11.4. The molecule has 0 saturated carbocycles. The molecule has 21 heavy (non-hydrogen) atoms. The number of rotatable bonds is 8. The van der Waals surface area contributed by atoms with Crippen molar-refractivity contribution in [1.29, 1.82) is 0 Å². The minimum atomic E-state index is -3.62. The molecule has 0 spiro atoms. The Morgan fingerprint density at radius 2 is 2.00 bits per heavy atom. The molecule has 0 bridgehead atoms. The van der Waals surface area contributed by atoms with Crippen LogP contribution in [0.4, 0.5) is 0 Å². The summed E-state index contributed by atoms with van der Waals surface area (Å²) >= 11 is 0. The summed E-state index contributed by atoms with van der Waals surface area (Å²) in [4.78, 5) is 12.2. The van der Waals surface area contributed by atoms with E-state index in [9.17, 15) is 13.2 Å². The maximum absolute atomic E-state index is 12.1. The van der Waals surface area contributed by atoms with Gasteiger partial charge in [0.1, 0.15) is 0 Å². The second kappa shape index (κ2) is 7.95. The summed E-state index contributed by atoms with van der Waals surface area (Å²) in [6.07, 6.45) is 3.13. The van der Waals surface area contributed by atoms with Gasteiger partial charge in [-0.2, -0.15) is 0 Å². The molecule has 1 amide bonds. The highest BCUT2D eigenvalue weighted by molar-refractivity contribution is 7.89. The van der Waals surface area contributed by atoms with E-state index < -0.39 is 10.0 Å². The van der Waals surface area contributed by atoms with Crippen LogP contribution >= 0.6 is 0 Å². The number of hydrogen-bond acceptors (Lipinski definition) is 3.